The van der Waals surface area contributed by atoms with Crippen LogP contribution in [0.25, 0.3) is 10.9 Å². The van der Waals surface area contributed by atoms with Gasteiger partial charge in [0.1, 0.15) is 18.3 Å². The van der Waals surface area contributed by atoms with Crippen molar-refractivity contribution in [1.29, 1.82) is 0 Å². The Labute approximate surface area is 162 Å². The molecular formula is C20H24N4O4. The normalized spacial score (nSPS) is 24.8. The number of rotatable bonds is 4. The number of ether oxygens (including phenoxy) is 1. The van der Waals surface area contributed by atoms with Crippen molar-refractivity contribution >= 4 is 28.6 Å². The summed E-state index contributed by atoms with van der Waals surface area (Å²) in [5.41, 5.74) is 0.818. The Hall–Kier alpha value is -2.71. The highest BCUT2D eigenvalue weighted by molar-refractivity contribution is 5.98. The summed E-state index contributed by atoms with van der Waals surface area (Å²) in [5.74, 6) is -0.653. The average molecular weight is 384 g/mol. The monoisotopic (exact) mass is 384 g/mol. The molecule has 2 saturated heterocycles. The highest BCUT2D eigenvalue weighted by atomic mass is 16.5. The second kappa shape index (κ2) is 7.73. The number of nitrogens with one attached hydrogen (secondary N) is 2. The fraction of sp³-hybridized carbons (Fsp3) is 0.450. The van der Waals surface area contributed by atoms with Gasteiger partial charge >= 0.3 is 0 Å². The molecular weight excluding hydrogens is 360 g/mol. The number of hydrogen-bond donors (Lipinski definition) is 2. The smallest absolute Gasteiger partial charge is 0.253 e. The van der Waals surface area contributed by atoms with Crippen LogP contribution in [0.15, 0.2) is 36.5 Å². The van der Waals surface area contributed by atoms with E-state index in [0.717, 1.165) is 10.9 Å². The molecule has 2 fully saturated rings. The zero-order chi connectivity index (χ0) is 19.7. The van der Waals surface area contributed by atoms with Gasteiger partial charge in [0.25, 0.3) is 5.91 Å². The second-order valence-corrected chi connectivity index (χ2v) is 7.19. The number of nitrogens with zero attached hydrogens (tertiary/aromatic N) is 2. The Bertz CT molecular complexity index is 908. The first kappa shape index (κ1) is 18.6. The fourth-order valence-corrected chi connectivity index (χ4v) is 4.08. The number of aromatic nitrogens is 1. The molecule has 0 aliphatic carbocycles. The van der Waals surface area contributed by atoms with Crippen LogP contribution in [-0.4, -0.2) is 65.7 Å². The van der Waals surface area contributed by atoms with Crippen LogP contribution in [0.3, 0.4) is 0 Å². The number of para-hydroxylation sites is 1. The van der Waals surface area contributed by atoms with Gasteiger partial charge in [0.2, 0.25) is 11.8 Å². The van der Waals surface area contributed by atoms with E-state index >= 15 is 0 Å². The van der Waals surface area contributed by atoms with Gasteiger partial charge in [-0.2, -0.15) is 0 Å². The van der Waals surface area contributed by atoms with Gasteiger partial charge in [0.05, 0.1) is 18.7 Å². The van der Waals surface area contributed by atoms with Crippen molar-refractivity contribution in [2.75, 3.05) is 20.2 Å². The topological polar surface area (TPSA) is 92.7 Å². The Morgan fingerprint density at radius 2 is 2.00 bits per heavy atom. The minimum atomic E-state index is -0.680. The maximum Gasteiger partial charge on any atom is 0.253 e. The van der Waals surface area contributed by atoms with Crippen molar-refractivity contribution in [3.8, 4) is 0 Å². The summed E-state index contributed by atoms with van der Waals surface area (Å²) in [6, 6.07) is 8.26. The first-order valence-electron chi connectivity index (χ1n) is 9.58. The van der Waals surface area contributed by atoms with Gasteiger partial charge in [-0.3, -0.25) is 19.0 Å². The van der Waals surface area contributed by atoms with Crippen molar-refractivity contribution in [2.45, 2.75) is 37.6 Å². The Morgan fingerprint density at radius 1 is 1.18 bits per heavy atom. The molecule has 28 heavy (non-hydrogen) atoms. The van der Waals surface area contributed by atoms with Gasteiger partial charge in [-0.1, -0.05) is 18.2 Å². The average Bonchev–Trinajstić information content (AvgIpc) is 3.27. The van der Waals surface area contributed by atoms with Gasteiger partial charge in [0, 0.05) is 18.0 Å². The molecule has 0 bridgehead atoms. The third kappa shape index (κ3) is 3.29. The van der Waals surface area contributed by atoms with Crippen LogP contribution in [0.2, 0.25) is 0 Å². The maximum absolute atomic E-state index is 13.3. The zero-order valence-electron chi connectivity index (χ0n) is 15.8. The molecule has 3 atom stereocenters. The summed E-state index contributed by atoms with van der Waals surface area (Å²) >= 11 is 0. The quantitative estimate of drug-likeness (QED) is 0.811. The first-order chi connectivity index (χ1) is 13.6. The van der Waals surface area contributed by atoms with Crippen LogP contribution in [0, 0.1) is 0 Å². The van der Waals surface area contributed by atoms with Gasteiger partial charge < -0.3 is 20.3 Å². The Kier molecular flexibility index (Phi) is 5.15. The van der Waals surface area contributed by atoms with Crippen LogP contribution in [0.4, 0.5) is 0 Å². The van der Waals surface area contributed by atoms with E-state index in [0.29, 0.717) is 25.9 Å². The van der Waals surface area contributed by atoms with E-state index in [-0.39, 0.29) is 24.3 Å². The van der Waals surface area contributed by atoms with E-state index in [9.17, 15) is 14.4 Å². The van der Waals surface area contributed by atoms with E-state index in [1.54, 1.807) is 17.8 Å². The van der Waals surface area contributed by atoms with Gasteiger partial charge in [-0.15, -0.1) is 0 Å². The molecule has 1 aromatic heterocycles. The first-order valence-corrected chi connectivity index (χ1v) is 9.58. The number of amides is 2. The lowest BCUT2D eigenvalue weighted by Crippen LogP contribution is -2.54. The molecule has 8 nitrogen and oxygen atoms in total. The lowest BCUT2D eigenvalue weighted by Gasteiger charge is -2.29. The molecule has 2 N–H and O–H groups in total. The molecule has 0 spiro atoms. The van der Waals surface area contributed by atoms with Crippen LogP contribution >= 0.6 is 0 Å². The SMILES string of the molecule is CNCC(=O)NC1CCO[C@H]2CC[C@@H](C(=O)n3ccc4ccccc43)N2C1=O. The lowest BCUT2D eigenvalue weighted by molar-refractivity contribution is -0.142. The van der Waals surface area contributed by atoms with Crippen LogP contribution in [0.1, 0.15) is 24.1 Å². The van der Waals surface area contributed by atoms with E-state index < -0.39 is 18.3 Å². The molecule has 2 aromatic rings. The molecule has 2 aliphatic rings. The van der Waals surface area contributed by atoms with E-state index in [4.69, 9.17) is 4.74 Å². The number of fused-ring (bicyclic) bond motifs is 2. The van der Waals surface area contributed by atoms with Crippen molar-refractivity contribution in [2.24, 2.45) is 0 Å². The number of benzene rings is 1. The van der Waals surface area contributed by atoms with Crippen LogP contribution in [-0.2, 0) is 14.3 Å². The van der Waals surface area contributed by atoms with E-state index in [1.165, 1.54) is 4.90 Å². The van der Waals surface area contributed by atoms with Crippen molar-refractivity contribution < 1.29 is 19.1 Å². The summed E-state index contributed by atoms with van der Waals surface area (Å²) in [4.78, 5) is 39.9. The molecule has 0 radical (unpaired) electrons. The maximum atomic E-state index is 13.3. The number of likely N-dealkylation sites (N-methyl/N-ethyl adjacent to an activating group) is 1. The van der Waals surface area contributed by atoms with Gasteiger partial charge in [0.15, 0.2) is 0 Å². The highest BCUT2D eigenvalue weighted by Gasteiger charge is 2.46. The third-order valence-corrected chi connectivity index (χ3v) is 5.40. The minimum absolute atomic E-state index is 0.131. The molecule has 148 valence electrons. The molecule has 1 aromatic carbocycles. The molecule has 0 saturated carbocycles. The predicted molar refractivity (Wildman–Crippen MR) is 103 cm³/mol. The predicted octanol–water partition coefficient (Wildman–Crippen LogP) is 0.723. The van der Waals surface area contributed by atoms with Crippen molar-refractivity contribution in [1.82, 2.24) is 20.1 Å². The summed E-state index contributed by atoms with van der Waals surface area (Å²) in [6.45, 7) is 0.497. The third-order valence-electron chi connectivity index (χ3n) is 5.40. The number of carbonyl (C=O) groups is 3. The minimum Gasteiger partial charge on any atom is -0.358 e. The molecule has 2 amide bonds. The van der Waals surface area contributed by atoms with Crippen molar-refractivity contribution in [3.63, 3.8) is 0 Å². The zero-order valence-corrected chi connectivity index (χ0v) is 15.8. The molecule has 8 heteroatoms. The fourth-order valence-electron chi connectivity index (χ4n) is 4.08. The summed E-state index contributed by atoms with van der Waals surface area (Å²) in [6.07, 6.45) is 2.87. The van der Waals surface area contributed by atoms with Crippen LogP contribution in [0.5, 0.6) is 0 Å². The second-order valence-electron chi connectivity index (χ2n) is 7.19. The van der Waals surface area contributed by atoms with Crippen LogP contribution < -0.4 is 10.6 Å². The molecule has 4 rings (SSSR count). The van der Waals surface area contributed by atoms with Crippen molar-refractivity contribution in [3.05, 3.63) is 36.5 Å². The number of carbonyl (C=O) groups excluding carboxylic acids is 3. The highest BCUT2D eigenvalue weighted by Crippen LogP contribution is 2.30. The largest absolute Gasteiger partial charge is 0.358 e. The Morgan fingerprint density at radius 3 is 2.82 bits per heavy atom. The summed E-state index contributed by atoms with van der Waals surface area (Å²) < 4.78 is 7.44. The standard InChI is InChI=1S/C20H24N4O4/c1-21-12-17(25)22-14-9-11-28-18-7-6-16(24(18)19(14)26)20(27)23-10-8-13-4-2-3-5-15(13)23/h2-5,8,10,14,16,18,21H,6-7,9,11-12H2,1H3,(H,22,25)/t14?,16-,18-/m0/s1. The molecule has 1 unspecified atom stereocenters. The Balaban J connectivity index is 1.59. The van der Waals surface area contributed by atoms with E-state index in [1.807, 2.05) is 30.3 Å². The molecule has 3 heterocycles. The van der Waals surface area contributed by atoms with Gasteiger partial charge in [-0.25, -0.2) is 0 Å². The number of hydrogen-bond acceptors (Lipinski definition) is 5. The summed E-state index contributed by atoms with van der Waals surface area (Å²) in [7, 11) is 1.67. The molecule has 2 aliphatic heterocycles. The lowest BCUT2D eigenvalue weighted by atomic mass is 10.1. The van der Waals surface area contributed by atoms with E-state index in [2.05, 4.69) is 10.6 Å². The van der Waals surface area contributed by atoms with Gasteiger partial charge in [-0.05, 0) is 32.0 Å². The summed E-state index contributed by atoms with van der Waals surface area (Å²) in [5, 5.41) is 6.50.